The van der Waals surface area contributed by atoms with Gasteiger partial charge in [0.2, 0.25) is 0 Å². The van der Waals surface area contributed by atoms with Crippen LogP contribution < -0.4 is 5.01 Å². The third-order valence-electron chi connectivity index (χ3n) is 5.25. The molecule has 3 rings (SSSR count). The van der Waals surface area contributed by atoms with Gasteiger partial charge in [-0.15, -0.1) is 0 Å². The van der Waals surface area contributed by atoms with Gasteiger partial charge in [-0.3, -0.25) is 4.68 Å². The summed E-state index contributed by atoms with van der Waals surface area (Å²) >= 11 is 6.08. The van der Waals surface area contributed by atoms with E-state index in [0.29, 0.717) is 5.02 Å². The van der Waals surface area contributed by atoms with Crippen molar-refractivity contribution in [3.8, 4) is 11.1 Å². The minimum atomic E-state index is -0.220. The monoisotopic (exact) mass is 430 g/mol. The zero-order chi connectivity index (χ0) is 21.7. The largest absolute Gasteiger partial charge is 0.313 e. The molecule has 0 amide bonds. The topological polar surface area (TPSA) is 14.7 Å². The molecule has 0 spiro atoms. The number of hydrogen-bond acceptors (Lipinski definition) is 3. The molecule has 0 aliphatic carbocycles. The average molecular weight is 431 g/mol. The van der Waals surface area contributed by atoms with E-state index < -0.39 is 0 Å². The van der Waals surface area contributed by atoms with Gasteiger partial charge in [0.05, 0.1) is 5.52 Å². The van der Waals surface area contributed by atoms with E-state index in [1.54, 1.807) is 12.1 Å². The van der Waals surface area contributed by atoms with Crippen LogP contribution in [0.4, 0.5) is 4.39 Å². The van der Waals surface area contributed by atoms with Crippen molar-refractivity contribution in [1.82, 2.24) is 14.5 Å². The van der Waals surface area contributed by atoms with Crippen LogP contribution in [0.5, 0.6) is 0 Å². The van der Waals surface area contributed by atoms with Crippen LogP contribution in [0.25, 0.3) is 22.0 Å². The van der Waals surface area contributed by atoms with Crippen molar-refractivity contribution in [2.45, 2.75) is 12.8 Å². The first-order valence-corrected chi connectivity index (χ1v) is 10.8. The van der Waals surface area contributed by atoms with Gasteiger partial charge in [0.1, 0.15) is 5.82 Å². The van der Waals surface area contributed by atoms with Crippen molar-refractivity contribution in [1.29, 1.82) is 0 Å². The van der Waals surface area contributed by atoms with Crippen LogP contribution in [-0.2, 0) is 0 Å². The number of hydrogen-bond donors (Lipinski definition) is 0. The number of halogens is 2. The Hall–Kier alpha value is -2.08. The molecular formula is C24H32ClFN4. The van der Waals surface area contributed by atoms with Crippen molar-refractivity contribution < 1.29 is 4.39 Å². The molecule has 0 bridgehead atoms. The maximum Gasteiger partial charge on any atom is 0.123 e. The van der Waals surface area contributed by atoms with E-state index in [1.807, 2.05) is 30.3 Å². The SMILES string of the molecule is CN(C)CCCN(CCCN(C)C)n1cc(-c2ccc(Cl)cc2)c2cc(F)ccc21. The Labute approximate surface area is 184 Å². The molecule has 0 fully saturated rings. The van der Waals surface area contributed by atoms with Gasteiger partial charge >= 0.3 is 0 Å². The fourth-order valence-corrected chi connectivity index (χ4v) is 3.87. The molecule has 6 heteroatoms. The lowest BCUT2D eigenvalue weighted by Gasteiger charge is -2.28. The first kappa shape index (κ1) is 22.6. The second-order valence-electron chi connectivity index (χ2n) is 8.32. The quantitative estimate of drug-likeness (QED) is 0.452. The first-order valence-electron chi connectivity index (χ1n) is 10.5. The summed E-state index contributed by atoms with van der Waals surface area (Å²) < 4.78 is 16.3. The number of benzene rings is 2. The van der Waals surface area contributed by atoms with E-state index in [-0.39, 0.29) is 5.82 Å². The van der Waals surface area contributed by atoms with Crippen molar-refractivity contribution in [2.75, 3.05) is 59.4 Å². The number of nitrogens with zero attached hydrogens (tertiary/aromatic N) is 4. The molecule has 0 atom stereocenters. The molecular weight excluding hydrogens is 399 g/mol. The predicted molar refractivity (Wildman–Crippen MR) is 127 cm³/mol. The van der Waals surface area contributed by atoms with Gasteiger partial charge < -0.3 is 14.8 Å². The fraction of sp³-hybridized carbons (Fsp3) is 0.417. The second kappa shape index (κ2) is 10.3. The van der Waals surface area contributed by atoms with E-state index in [1.165, 1.54) is 0 Å². The summed E-state index contributed by atoms with van der Waals surface area (Å²) in [5.41, 5.74) is 3.08. The molecule has 1 aromatic heterocycles. The van der Waals surface area contributed by atoms with Gasteiger partial charge in [0.25, 0.3) is 0 Å². The predicted octanol–water partition coefficient (Wildman–Crippen LogP) is 4.94. The van der Waals surface area contributed by atoms with Crippen LogP contribution in [0.1, 0.15) is 12.8 Å². The van der Waals surface area contributed by atoms with Crippen molar-refractivity contribution in [2.24, 2.45) is 0 Å². The Morgan fingerprint density at radius 2 is 1.43 bits per heavy atom. The van der Waals surface area contributed by atoms with Gasteiger partial charge in [0, 0.05) is 35.3 Å². The number of aromatic nitrogens is 1. The van der Waals surface area contributed by atoms with E-state index in [2.05, 4.69) is 53.9 Å². The Kier molecular flexibility index (Phi) is 7.75. The van der Waals surface area contributed by atoms with Crippen LogP contribution in [0, 0.1) is 5.82 Å². The van der Waals surface area contributed by atoms with Crippen molar-refractivity contribution in [3.63, 3.8) is 0 Å². The molecule has 2 aromatic carbocycles. The summed E-state index contributed by atoms with van der Waals surface area (Å²) in [6.07, 6.45) is 4.26. The molecule has 0 aliphatic heterocycles. The lowest BCUT2D eigenvalue weighted by Crippen LogP contribution is -2.38. The zero-order valence-corrected chi connectivity index (χ0v) is 19.2. The molecule has 30 heavy (non-hydrogen) atoms. The highest BCUT2D eigenvalue weighted by Gasteiger charge is 2.16. The van der Waals surface area contributed by atoms with Crippen LogP contribution >= 0.6 is 11.6 Å². The Bertz CT molecular complexity index is 936. The van der Waals surface area contributed by atoms with Crippen LogP contribution in [0.15, 0.2) is 48.7 Å². The molecule has 0 saturated heterocycles. The second-order valence-corrected chi connectivity index (χ2v) is 8.76. The van der Waals surface area contributed by atoms with E-state index in [9.17, 15) is 4.39 Å². The van der Waals surface area contributed by atoms with Crippen molar-refractivity contribution >= 4 is 22.5 Å². The minimum absolute atomic E-state index is 0.220. The fourth-order valence-electron chi connectivity index (χ4n) is 3.74. The molecule has 0 N–H and O–H groups in total. The van der Waals surface area contributed by atoms with Gasteiger partial charge in [0.15, 0.2) is 0 Å². The molecule has 4 nitrogen and oxygen atoms in total. The molecule has 0 aliphatic rings. The van der Waals surface area contributed by atoms with Crippen LogP contribution in [-0.4, -0.2) is 68.8 Å². The van der Waals surface area contributed by atoms with E-state index in [4.69, 9.17) is 11.6 Å². The summed E-state index contributed by atoms with van der Waals surface area (Å²) in [6.45, 7) is 3.93. The summed E-state index contributed by atoms with van der Waals surface area (Å²) in [6, 6.07) is 12.8. The molecule has 1 heterocycles. The maximum atomic E-state index is 14.1. The van der Waals surface area contributed by atoms with Gasteiger partial charge in [-0.1, -0.05) is 23.7 Å². The zero-order valence-electron chi connectivity index (χ0n) is 18.4. The summed E-state index contributed by atoms with van der Waals surface area (Å²) in [7, 11) is 8.40. The van der Waals surface area contributed by atoms with Crippen molar-refractivity contribution in [3.05, 3.63) is 59.5 Å². The highest BCUT2D eigenvalue weighted by atomic mass is 35.5. The Morgan fingerprint density at radius 1 is 0.833 bits per heavy atom. The molecule has 0 radical (unpaired) electrons. The Morgan fingerprint density at radius 3 is 2.00 bits per heavy atom. The number of fused-ring (bicyclic) bond motifs is 1. The molecule has 162 valence electrons. The highest BCUT2D eigenvalue weighted by molar-refractivity contribution is 6.30. The normalized spacial score (nSPS) is 11.7. The minimum Gasteiger partial charge on any atom is -0.313 e. The molecule has 3 aromatic rings. The van der Waals surface area contributed by atoms with Crippen LogP contribution in [0.2, 0.25) is 5.02 Å². The van der Waals surface area contributed by atoms with Gasteiger partial charge in [-0.25, -0.2) is 4.39 Å². The first-order chi connectivity index (χ1) is 14.3. The smallest absolute Gasteiger partial charge is 0.123 e. The van der Waals surface area contributed by atoms with Crippen LogP contribution in [0.3, 0.4) is 0 Å². The van der Waals surface area contributed by atoms with E-state index >= 15 is 0 Å². The Balaban J connectivity index is 1.99. The average Bonchev–Trinajstić information content (AvgIpc) is 3.05. The summed E-state index contributed by atoms with van der Waals surface area (Å²) in [5, 5.41) is 4.00. The highest BCUT2D eigenvalue weighted by Crippen LogP contribution is 2.32. The lowest BCUT2D eigenvalue weighted by atomic mass is 10.1. The number of rotatable bonds is 10. The third-order valence-corrected chi connectivity index (χ3v) is 5.50. The van der Waals surface area contributed by atoms with Gasteiger partial charge in [-0.05, 0) is 90.0 Å². The van der Waals surface area contributed by atoms with Gasteiger partial charge in [-0.2, -0.15) is 0 Å². The summed E-state index contributed by atoms with van der Waals surface area (Å²) in [4.78, 5) is 4.42. The molecule has 0 unspecified atom stereocenters. The third kappa shape index (κ3) is 5.75. The standard InChI is InChI=1S/C24H32ClFN4/c1-27(2)13-5-15-29(16-6-14-28(3)4)30-18-23(19-7-9-20(25)10-8-19)22-17-21(26)11-12-24(22)30/h7-12,17-18H,5-6,13-16H2,1-4H3. The maximum absolute atomic E-state index is 14.1. The molecule has 0 saturated carbocycles. The van der Waals surface area contributed by atoms with E-state index in [0.717, 1.165) is 61.1 Å². The summed E-state index contributed by atoms with van der Waals surface area (Å²) in [5.74, 6) is -0.220. The lowest BCUT2D eigenvalue weighted by molar-refractivity contribution is 0.378.